The standard InChI is InChI=1S/C12H10N2O3/c15-8-9-5-11(7-12(6-9)14(16)17)10-1-3-13-4-2-10/h1-7,15H,8H2. The van der Waals surface area contributed by atoms with Crippen molar-refractivity contribution in [3.8, 4) is 11.1 Å². The molecule has 0 aliphatic carbocycles. The van der Waals surface area contributed by atoms with Crippen molar-refractivity contribution >= 4 is 5.69 Å². The SMILES string of the molecule is O=[N+]([O-])c1cc(CO)cc(-c2ccncc2)c1. The molecule has 86 valence electrons. The van der Waals surface area contributed by atoms with Crippen LogP contribution in [0.25, 0.3) is 11.1 Å². The Morgan fingerprint density at radius 2 is 1.88 bits per heavy atom. The first kappa shape index (κ1) is 11.2. The average Bonchev–Trinajstić information content (AvgIpc) is 2.39. The van der Waals surface area contributed by atoms with Crippen molar-refractivity contribution in [1.29, 1.82) is 0 Å². The normalized spacial score (nSPS) is 10.2. The highest BCUT2D eigenvalue weighted by Gasteiger charge is 2.10. The molecule has 17 heavy (non-hydrogen) atoms. The largest absolute Gasteiger partial charge is 0.392 e. The van der Waals surface area contributed by atoms with Crippen LogP contribution in [-0.2, 0) is 6.61 Å². The smallest absolute Gasteiger partial charge is 0.270 e. The summed E-state index contributed by atoms with van der Waals surface area (Å²) in [6.45, 7) is -0.222. The van der Waals surface area contributed by atoms with Crippen LogP contribution in [0.3, 0.4) is 0 Å². The van der Waals surface area contributed by atoms with E-state index >= 15 is 0 Å². The maximum Gasteiger partial charge on any atom is 0.270 e. The molecule has 0 aliphatic rings. The van der Waals surface area contributed by atoms with E-state index in [-0.39, 0.29) is 12.3 Å². The summed E-state index contributed by atoms with van der Waals surface area (Å²) in [5.41, 5.74) is 2.03. The molecule has 1 aromatic heterocycles. The molecule has 0 amide bonds. The summed E-state index contributed by atoms with van der Waals surface area (Å²) in [6, 6.07) is 8.10. The Morgan fingerprint density at radius 1 is 1.18 bits per heavy atom. The van der Waals surface area contributed by atoms with Crippen molar-refractivity contribution < 1.29 is 10.0 Å². The van der Waals surface area contributed by atoms with E-state index in [0.717, 1.165) is 5.56 Å². The van der Waals surface area contributed by atoms with Crippen molar-refractivity contribution in [2.75, 3.05) is 0 Å². The minimum Gasteiger partial charge on any atom is -0.392 e. The summed E-state index contributed by atoms with van der Waals surface area (Å²) >= 11 is 0. The van der Waals surface area contributed by atoms with E-state index in [4.69, 9.17) is 5.11 Å². The van der Waals surface area contributed by atoms with Gasteiger partial charge in [-0.1, -0.05) is 0 Å². The molecule has 0 unspecified atom stereocenters. The van der Waals surface area contributed by atoms with Crippen LogP contribution >= 0.6 is 0 Å². The third-order valence-corrected chi connectivity index (χ3v) is 2.38. The molecule has 1 N–H and O–H groups in total. The molecular weight excluding hydrogens is 220 g/mol. The number of hydrogen-bond acceptors (Lipinski definition) is 4. The summed E-state index contributed by atoms with van der Waals surface area (Å²) < 4.78 is 0. The van der Waals surface area contributed by atoms with E-state index in [2.05, 4.69) is 4.98 Å². The van der Waals surface area contributed by atoms with Gasteiger partial charge >= 0.3 is 0 Å². The maximum absolute atomic E-state index is 10.8. The highest BCUT2D eigenvalue weighted by Crippen LogP contribution is 2.25. The van der Waals surface area contributed by atoms with Crippen molar-refractivity contribution in [2.45, 2.75) is 6.61 Å². The second-order valence-corrected chi connectivity index (χ2v) is 3.54. The molecule has 0 atom stereocenters. The molecule has 1 aromatic carbocycles. The van der Waals surface area contributed by atoms with E-state index < -0.39 is 4.92 Å². The van der Waals surface area contributed by atoms with Gasteiger partial charge in [-0.05, 0) is 34.9 Å². The van der Waals surface area contributed by atoms with Crippen LogP contribution in [0.2, 0.25) is 0 Å². The Kier molecular flexibility index (Phi) is 3.11. The molecule has 5 heteroatoms. The summed E-state index contributed by atoms with van der Waals surface area (Å²) in [7, 11) is 0. The van der Waals surface area contributed by atoms with E-state index in [1.807, 2.05) is 0 Å². The fourth-order valence-electron chi connectivity index (χ4n) is 1.58. The highest BCUT2D eigenvalue weighted by atomic mass is 16.6. The molecule has 0 spiro atoms. The number of aromatic nitrogens is 1. The predicted molar refractivity (Wildman–Crippen MR) is 62.3 cm³/mol. The molecule has 0 fully saturated rings. The quantitative estimate of drug-likeness (QED) is 0.647. The summed E-state index contributed by atoms with van der Waals surface area (Å²) in [5.74, 6) is 0. The van der Waals surface area contributed by atoms with Crippen LogP contribution in [0.1, 0.15) is 5.56 Å². The average molecular weight is 230 g/mol. The molecular formula is C12H10N2O3. The molecule has 0 radical (unpaired) electrons. The van der Waals surface area contributed by atoms with Gasteiger partial charge in [-0.15, -0.1) is 0 Å². The number of nitrogens with zero attached hydrogens (tertiary/aromatic N) is 2. The first-order valence-electron chi connectivity index (χ1n) is 5.00. The van der Waals surface area contributed by atoms with Gasteiger partial charge in [-0.2, -0.15) is 0 Å². The number of hydrogen-bond donors (Lipinski definition) is 1. The van der Waals surface area contributed by atoms with Gasteiger partial charge in [0.2, 0.25) is 0 Å². The number of nitro groups is 1. The number of non-ortho nitro benzene ring substituents is 1. The Morgan fingerprint density at radius 3 is 2.47 bits per heavy atom. The van der Waals surface area contributed by atoms with Gasteiger partial charge in [0.05, 0.1) is 11.5 Å². The van der Waals surface area contributed by atoms with Crippen LogP contribution < -0.4 is 0 Å². The first-order valence-corrected chi connectivity index (χ1v) is 5.00. The summed E-state index contributed by atoms with van der Waals surface area (Å²) in [6.07, 6.45) is 3.24. The topological polar surface area (TPSA) is 76.3 Å². The Labute approximate surface area is 97.5 Å². The summed E-state index contributed by atoms with van der Waals surface area (Å²) in [4.78, 5) is 14.2. The van der Waals surface area contributed by atoms with Crippen LogP contribution in [0.4, 0.5) is 5.69 Å². The number of aliphatic hydroxyl groups is 1. The van der Waals surface area contributed by atoms with Gasteiger partial charge in [0.1, 0.15) is 0 Å². The first-order chi connectivity index (χ1) is 8.20. The van der Waals surface area contributed by atoms with Crippen molar-refractivity contribution in [3.63, 3.8) is 0 Å². The molecule has 0 bridgehead atoms. The molecule has 2 aromatic rings. The lowest BCUT2D eigenvalue weighted by Gasteiger charge is -2.04. The van der Waals surface area contributed by atoms with Crippen molar-refractivity contribution in [3.05, 3.63) is 58.4 Å². The summed E-state index contributed by atoms with van der Waals surface area (Å²) in [5, 5.41) is 19.8. The maximum atomic E-state index is 10.8. The van der Waals surface area contributed by atoms with Crippen LogP contribution in [0.5, 0.6) is 0 Å². The van der Waals surface area contributed by atoms with Gasteiger partial charge in [0, 0.05) is 24.5 Å². The fraction of sp³-hybridized carbons (Fsp3) is 0.0833. The monoisotopic (exact) mass is 230 g/mol. The Hall–Kier alpha value is -2.27. The third kappa shape index (κ3) is 2.46. The zero-order valence-electron chi connectivity index (χ0n) is 8.91. The lowest BCUT2D eigenvalue weighted by molar-refractivity contribution is -0.384. The lowest BCUT2D eigenvalue weighted by atomic mass is 10.0. The van der Waals surface area contributed by atoms with Gasteiger partial charge in [-0.25, -0.2) is 0 Å². The molecule has 2 rings (SSSR count). The third-order valence-electron chi connectivity index (χ3n) is 2.38. The number of aliphatic hydroxyl groups excluding tert-OH is 1. The van der Waals surface area contributed by atoms with E-state index in [1.165, 1.54) is 12.1 Å². The minimum atomic E-state index is -0.468. The minimum absolute atomic E-state index is 0.0247. The van der Waals surface area contributed by atoms with Gasteiger partial charge in [0.15, 0.2) is 0 Å². The number of nitro benzene ring substituents is 1. The van der Waals surface area contributed by atoms with Crippen molar-refractivity contribution in [1.82, 2.24) is 4.98 Å². The molecule has 0 saturated heterocycles. The van der Waals surface area contributed by atoms with E-state index in [9.17, 15) is 10.1 Å². The number of benzene rings is 1. The van der Waals surface area contributed by atoms with Crippen LogP contribution in [0.15, 0.2) is 42.7 Å². The van der Waals surface area contributed by atoms with Gasteiger partial charge in [-0.3, -0.25) is 15.1 Å². The molecule has 0 aliphatic heterocycles. The zero-order chi connectivity index (χ0) is 12.3. The lowest BCUT2D eigenvalue weighted by Crippen LogP contribution is -1.92. The molecule has 5 nitrogen and oxygen atoms in total. The van der Waals surface area contributed by atoms with Crippen molar-refractivity contribution in [2.24, 2.45) is 0 Å². The van der Waals surface area contributed by atoms with Gasteiger partial charge < -0.3 is 5.11 Å². The highest BCUT2D eigenvalue weighted by molar-refractivity contribution is 5.66. The molecule has 1 heterocycles. The second-order valence-electron chi connectivity index (χ2n) is 3.54. The van der Waals surface area contributed by atoms with E-state index in [1.54, 1.807) is 30.6 Å². The fourth-order valence-corrected chi connectivity index (χ4v) is 1.58. The van der Waals surface area contributed by atoms with Crippen LogP contribution in [0, 0.1) is 10.1 Å². The Bertz CT molecular complexity index is 541. The molecule has 0 saturated carbocycles. The zero-order valence-corrected chi connectivity index (χ0v) is 8.91. The number of rotatable bonds is 3. The predicted octanol–water partition coefficient (Wildman–Crippen LogP) is 2.15. The number of pyridine rings is 1. The van der Waals surface area contributed by atoms with E-state index in [0.29, 0.717) is 11.1 Å². The second kappa shape index (κ2) is 4.71. The van der Waals surface area contributed by atoms with Crippen LogP contribution in [-0.4, -0.2) is 15.0 Å². The Balaban J connectivity index is 2.54. The van der Waals surface area contributed by atoms with Gasteiger partial charge in [0.25, 0.3) is 5.69 Å².